The molecule has 1 heterocycles. The summed E-state index contributed by atoms with van der Waals surface area (Å²) in [7, 11) is 1.68. The molecule has 1 saturated carbocycles. The molecule has 0 amide bonds. The van der Waals surface area contributed by atoms with E-state index in [1.165, 1.54) is 0 Å². The molecule has 2 N–H and O–H groups in total. The Balaban J connectivity index is 1.64. The molecule has 5 heteroatoms. The summed E-state index contributed by atoms with van der Waals surface area (Å²) >= 11 is 0. The summed E-state index contributed by atoms with van der Waals surface area (Å²) in [6.07, 6.45) is 2.99. The number of hydrogen-bond donors (Lipinski definition) is 1. The van der Waals surface area contributed by atoms with E-state index >= 15 is 0 Å². The lowest BCUT2D eigenvalue weighted by Gasteiger charge is -2.34. The molecule has 1 aliphatic rings. The molecule has 1 aliphatic carbocycles. The Morgan fingerprint density at radius 3 is 2.62 bits per heavy atom. The van der Waals surface area contributed by atoms with Crippen LogP contribution in [0.1, 0.15) is 49.4 Å². The summed E-state index contributed by atoms with van der Waals surface area (Å²) in [5.74, 6) is 2.15. The fourth-order valence-corrected chi connectivity index (χ4v) is 3.18. The van der Waals surface area contributed by atoms with E-state index in [0.29, 0.717) is 11.7 Å². The van der Waals surface area contributed by atoms with Gasteiger partial charge in [0.05, 0.1) is 18.6 Å². The zero-order valence-electron chi connectivity index (χ0n) is 14.0. The highest BCUT2D eigenvalue weighted by molar-refractivity contribution is 5.84. The van der Waals surface area contributed by atoms with Crippen molar-refractivity contribution >= 4 is 10.8 Å². The highest BCUT2D eigenvalue weighted by Gasteiger charge is 2.39. The fourth-order valence-electron chi connectivity index (χ4n) is 3.18. The van der Waals surface area contributed by atoms with Crippen LogP contribution in [0.15, 0.2) is 40.9 Å². The lowest BCUT2D eigenvalue weighted by molar-refractivity contribution is 0.228. The lowest BCUT2D eigenvalue weighted by atomic mass is 9.77. The maximum Gasteiger partial charge on any atom is 0.233 e. The lowest BCUT2D eigenvalue weighted by Crippen LogP contribution is -2.44. The van der Waals surface area contributed by atoms with Crippen LogP contribution in [0.3, 0.4) is 0 Å². The van der Waals surface area contributed by atoms with E-state index in [9.17, 15) is 0 Å². The monoisotopic (exact) mass is 323 g/mol. The topological polar surface area (TPSA) is 74.2 Å². The van der Waals surface area contributed by atoms with E-state index in [0.717, 1.165) is 41.3 Å². The second-order valence-corrected chi connectivity index (χ2v) is 6.66. The number of ether oxygens (including phenoxy) is 1. The van der Waals surface area contributed by atoms with Gasteiger partial charge in [0.25, 0.3) is 0 Å². The molecule has 0 spiro atoms. The van der Waals surface area contributed by atoms with Crippen molar-refractivity contribution in [2.24, 2.45) is 5.73 Å². The Morgan fingerprint density at radius 2 is 1.92 bits per heavy atom. The molecule has 1 aromatic heterocycles. The highest BCUT2D eigenvalue weighted by atomic mass is 16.5. The van der Waals surface area contributed by atoms with Gasteiger partial charge in [-0.05, 0) is 54.7 Å². The van der Waals surface area contributed by atoms with Gasteiger partial charge < -0.3 is 15.0 Å². The molecule has 1 fully saturated rings. The van der Waals surface area contributed by atoms with Crippen molar-refractivity contribution in [3.63, 3.8) is 0 Å². The third-order valence-corrected chi connectivity index (χ3v) is 5.07. The maximum absolute atomic E-state index is 6.28. The van der Waals surface area contributed by atoms with Crippen LogP contribution in [0.5, 0.6) is 5.75 Å². The summed E-state index contributed by atoms with van der Waals surface area (Å²) in [6.45, 7) is 2.08. The second-order valence-electron chi connectivity index (χ2n) is 6.66. The zero-order chi connectivity index (χ0) is 16.7. The van der Waals surface area contributed by atoms with Gasteiger partial charge in [-0.2, -0.15) is 4.98 Å². The van der Waals surface area contributed by atoms with Gasteiger partial charge in [0.15, 0.2) is 5.82 Å². The standard InChI is InChI=1S/C19H21N3O2/c1-12(17-21-18(22-24-17)19(20)8-3-9-19)13-4-5-15-11-16(23-2)7-6-14(15)10-13/h4-7,10-12H,3,8-9,20H2,1-2H3. The van der Waals surface area contributed by atoms with Gasteiger partial charge in [-0.15, -0.1) is 0 Å². The van der Waals surface area contributed by atoms with Gasteiger partial charge in [-0.3, -0.25) is 0 Å². The third kappa shape index (κ3) is 2.45. The van der Waals surface area contributed by atoms with Crippen molar-refractivity contribution in [3.8, 4) is 5.75 Å². The first kappa shape index (κ1) is 15.1. The van der Waals surface area contributed by atoms with Gasteiger partial charge in [-0.25, -0.2) is 0 Å². The van der Waals surface area contributed by atoms with Gasteiger partial charge in [-0.1, -0.05) is 29.4 Å². The van der Waals surface area contributed by atoms with Crippen molar-refractivity contribution in [2.75, 3.05) is 7.11 Å². The minimum Gasteiger partial charge on any atom is -0.497 e. The number of aromatic nitrogens is 2. The molecular formula is C19H21N3O2. The van der Waals surface area contributed by atoms with E-state index in [-0.39, 0.29) is 11.5 Å². The van der Waals surface area contributed by atoms with Crippen molar-refractivity contribution < 1.29 is 9.26 Å². The van der Waals surface area contributed by atoms with Crippen LogP contribution in [-0.4, -0.2) is 17.3 Å². The van der Waals surface area contributed by atoms with Crippen molar-refractivity contribution in [2.45, 2.75) is 37.6 Å². The Morgan fingerprint density at radius 1 is 1.17 bits per heavy atom. The minimum absolute atomic E-state index is 0.0291. The SMILES string of the molecule is COc1ccc2cc(C(C)c3nc(C4(N)CCC4)no3)ccc2c1. The summed E-state index contributed by atoms with van der Waals surface area (Å²) in [4.78, 5) is 4.56. The molecular weight excluding hydrogens is 302 g/mol. The smallest absolute Gasteiger partial charge is 0.233 e. The van der Waals surface area contributed by atoms with Crippen molar-refractivity contribution in [3.05, 3.63) is 53.7 Å². The van der Waals surface area contributed by atoms with E-state index in [1.807, 2.05) is 12.1 Å². The van der Waals surface area contributed by atoms with E-state index < -0.39 is 0 Å². The number of benzene rings is 2. The molecule has 4 rings (SSSR count). The Bertz CT molecular complexity index is 883. The van der Waals surface area contributed by atoms with E-state index in [1.54, 1.807) is 7.11 Å². The first-order chi connectivity index (χ1) is 11.6. The molecule has 1 unspecified atom stereocenters. The summed E-state index contributed by atoms with van der Waals surface area (Å²) in [5, 5.41) is 6.42. The van der Waals surface area contributed by atoms with Gasteiger partial charge >= 0.3 is 0 Å². The van der Waals surface area contributed by atoms with Gasteiger partial charge in [0.2, 0.25) is 5.89 Å². The van der Waals surface area contributed by atoms with Crippen LogP contribution in [0.4, 0.5) is 0 Å². The summed E-state index contributed by atoms with van der Waals surface area (Å²) < 4.78 is 10.8. The minimum atomic E-state index is -0.387. The normalized spacial score (nSPS) is 17.5. The summed E-state index contributed by atoms with van der Waals surface area (Å²) in [5.41, 5.74) is 7.03. The average molecular weight is 323 g/mol. The molecule has 1 atom stereocenters. The first-order valence-electron chi connectivity index (χ1n) is 8.30. The van der Waals surface area contributed by atoms with Crippen LogP contribution >= 0.6 is 0 Å². The van der Waals surface area contributed by atoms with Crippen LogP contribution in [0.2, 0.25) is 0 Å². The highest BCUT2D eigenvalue weighted by Crippen LogP contribution is 2.38. The van der Waals surface area contributed by atoms with Gasteiger partial charge in [0.1, 0.15) is 5.75 Å². The number of rotatable bonds is 4. The molecule has 0 saturated heterocycles. The number of nitrogens with two attached hydrogens (primary N) is 1. The van der Waals surface area contributed by atoms with Crippen LogP contribution in [-0.2, 0) is 5.54 Å². The second kappa shape index (κ2) is 5.60. The molecule has 2 aromatic carbocycles. The molecule has 24 heavy (non-hydrogen) atoms. The Labute approximate surface area is 140 Å². The largest absolute Gasteiger partial charge is 0.497 e. The number of fused-ring (bicyclic) bond motifs is 1. The first-order valence-corrected chi connectivity index (χ1v) is 8.30. The quantitative estimate of drug-likeness (QED) is 0.792. The average Bonchev–Trinajstić information content (AvgIpc) is 3.08. The number of nitrogens with zero attached hydrogens (tertiary/aromatic N) is 2. The Kier molecular flexibility index (Phi) is 3.53. The molecule has 5 nitrogen and oxygen atoms in total. The molecule has 0 radical (unpaired) electrons. The number of hydrogen-bond acceptors (Lipinski definition) is 5. The van der Waals surface area contributed by atoms with Gasteiger partial charge in [0, 0.05) is 0 Å². The predicted molar refractivity (Wildman–Crippen MR) is 92.0 cm³/mol. The zero-order valence-corrected chi connectivity index (χ0v) is 14.0. The number of methoxy groups -OCH3 is 1. The van der Waals surface area contributed by atoms with Crippen LogP contribution in [0, 0.1) is 0 Å². The summed E-state index contributed by atoms with van der Waals surface area (Å²) in [6, 6.07) is 12.4. The molecule has 3 aromatic rings. The van der Waals surface area contributed by atoms with Crippen molar-refractivity contribution in [1.82, 2.24) is 10.1 Å². The maximum atomic E-state index is 6.28. The van der Waals surface area contributed by atoms with Crippen LogP contribution in [0.25, 0.3) is 10.8 Å². The molecule has 0 aliphatic heterocycles. The Hall–Kier alpha value is -2.40. The van der Waals surface area contributed by atoms with Crippen molar-refractivity contribution in [1.29, 1.82) is 0 Å². The molecule has 124 valence electrons. The predicted octanol–water partition coefficient (Wildman–Crippen LogP) is 3.72. The fraction of sp³-hybridized carbons (Fsp3) is 0.368. The molecule has 0 bridgehead atoms. The van der Waals surface area contributed by atoms with Crippen LogP contribution < -0.4 is 10.5 Å². The van der Waals surface area contributed by atoms with E-state index in [4.69, 9.17) is 15.0 Å². The third-order valence-electron chi connectivity index (χ3n) is 5.07. The van der Waals surface area contributed by atoms with E-state index in [2.05, 4.69) is 41.3 Å².